The van der Waals surface area contributed by atoms with Crippen LogP contribution in [0.25, 0.3) is 5.69 Å². The van der Waals surface area contributed by atoms with Gasteiger partial charge in [0.2, 0.25) is 0 Å². The van der Waals surface area contributed by atoms with Gasteiger partial charge in [-0.15, -0.1) is 0 Å². The highest BCUT2D eigenvalue weighted by Gasteiger charge is 2.26. The van der Waals surface area contributed by atoms with Gasteiger partial charge in [-0.05, 0) is 38.3 Å². The summed E-state index contributed by atoms with van der Waals surface area (Å²) in [5.41, 5.74) is 0.677. The van der Waals surface area contributed by atoms with Gasteiger partial charge >= 0.3 is 5.69 Å². The fourth-order valence-electron chi connectivity index (χ4n) is 2.21. The summed E-state index contributed by atoms with van der Waals surface area (Å²) < 4.78 is 2.92. The molecule has 0 spiro atoms. The zero-order valence-electron chi connectivity index (χ0n) is 10.6. The Labute approximate surface area is 110 Å². The predicted octanol–water partition coefficient (Wildman–Crippen LogP) is 1.71. The molecule has 0 bridgehead atoms. The Morgan fingerprint density at radius 1 is 1.16 bits per heavy atom. The third-order valence-electron chi connectivity index (χ3n) is 3.41. The van der Waals surface area contributed by atoms with Crippen molar-refractivity contribution in [2.24, 2.45) is 0 Å². The Hall–Kier alpha value is -2.10. The molecule has 1 aromatic heterocycles. The van der Waals surface area contributed by atoms with Crippen LogP contribution in [0.4, 0.5) is 0 Å². The molecule has 4 nitrogen and oxygen atoms in total. The maximum absolute atomic E-state index is 12.4. The lowest BCUT2D eigenvalue weighted by Crippen LogP contribution is -2.39. The summed E-state index contributed by atoms with van der Waals surface area (Å²) in [5, 5.41) is 0. The number of para-hydroxylation sites is 1. The van der Waals surface area contributed by atoms with Gasteiger partial charge in [0.15, 0.2) is 0 Å². The minimum Gasteiger partial charge on any atom is -0.297 e. The van der Waals surface area contributed by atoms with Crippen LogP contribution in [-0.4, -0.2) is 9.13 Å². The van der Waals surface area contributed by atoms with Crippen LogP contribution in [0.15, 0.2) is 46.1 Å². The molecular weight excluding hydrogens is 240 g/mol. The van der Waals surface area contributed by atoms with Crippen molar-refractivity contribution in [3.63, 3.8) is 0 Å². The Morgan fingerprint density at radius 2 is 1.84 bits per heavy atom. The molecule has 1 aliphatic rings. The van der Waals surface area contributed by atoms with Crippen molar-refractivity contribution >= 4 is 0 Å². The van der Waals surface area contributed by atoms with E-state index < -0.39 is 0 Å². The van der Waals surface area contributed by atoms with Crippen molar-refractivity contribution in [2.75, 3.05) is 0 Å². The molecule has 0 N–H and O–H groups in total. The second-order valence-corrected chi connectivity index (χ2v) is 4.80. The predicted molar refractivity (Wildman–Crippen MR) is 73.6 cm³/mol. The van der Waals surface area contributed by atoms with E-state index in [1.165, 1.54) is 4.57 Å². The van der Waals surface area contributed by atoms with E-state index in [2.05, 4.69) is 6.92 Å². The number of aromatic nitrogens is 2. The highest BCUT2D eigenvalue weighted by molar-refractivity contribution is 5.32. The second kappa shape index (κ2) is 4.53. The summed E-state index contributed by atoms with van der Waals surface area (Å²) in [6.07, 6.45) is 4.07. The number of rotatable bonds is 3. The van der Waals surface area contributed by atoms with Gasteiger partial charge in [0.05, 0.1) is 5.69 Å². The SMILES string of the molecule is [CH2]Cc1cn(C2CC2)c(=O)n(-c2ccccc2)c1=O. The van der Waals surface area contributed by atoms with Crippen LogP contribution in [0.3, 0.4) is 0 Å². The molecule has 1 radical (unpaired) electrons. The highest BCUT2D eigenvalue weighted by atomic mass is 16.2. The smallest absolute Gasteiger partial charge is 0.297 e. The normalized spacial score (nSPS) is 14.6. The minimum absolute atomic E-state index is 0.244. The van der Waals surface area contributed by atoms with E-state index in [0.717, 1.165) is 12.8 Å². The molecule has 3 rings (SSSR count). The van der Waals surface area contributed by atoms with Gasteiger partial charge < -0.3 is 0 Å². The maximum Gasteiger partial charge on any atom is 0.335 e. The third kappa shape index (κ3) is 2.03. The molecule has 97 valence electrons. The molecular formula is C15H15N2O2. The first-order chi connectivity index (χ1) is 9.22. The van der Waals surface area contributed by atoms with E-state index in [9.17, 15) is 9.59 Å². The summed E-state index contributed by atoms with van der Waals surface area (Å²) in [7, 11) is 0. The fraction of sp³-hybridized carbons (Fsp3) is 0.267. The van der Waals surface area contributed by atoms with Crippen molar-refractivity contribution < 1.29 is 0 Å². The molecule has 1 saturated carbocycles. The summed E-state index contributed by atoms with van der Waals surface area (Å²) in [4.78, 5) is 24.8. The van der Waals surface area contributed by atoms with E-state index >= 15 is 0 Å². The van der Waals surface area contributed by atoms with Crippen LogP contribution < -0.4 is 11.2 Å². The first-order valence-electron chi connectivity index (χ1n) is 6.44. The van der Waals surface area contributed by atoms with Gasteiger partial charge in [0.25, 0.3) is 5.56 Å². The van der Waals surface area contributed by atoms with Crippen LogP contribution in [0.1, 0.15) is 24.4 Å². The maximum atomic E-state index is 12.4. The molecule has 4 heteroatoms. The number of hydrogen-bond donors (Lipinski definition) is 0. The van der Waals surface area contributed by atoms with Gasteiger partial charge in [-0.2, -0.15) is 0 Å². The van der Waals surface area contributed by atoms with Crippen LogP contribution in [-0.2, 0) is 6.42 Å². The third-order valence-corrected chi connectivity index (χ3v) is 3.41. The molecule has 0 atom stereocenters. The standard InChI is InChI=1S/C15H15N2O2/c1-2-11-10-16(12-8-9-12)15(19)17(14(11)18)13-6-4-3-5-7-13/h3-7,10,12H,1-2,8-9H2. The summed E-state index contributed by atoms with van der Waals surface area (Å²) in [6, 6.07) is 9.28. The lowest BCUT2D eigenvalue weighted by Gasteiger charge is -2.11. The summed E-state index contributed by atoms with van der Waals surface area (Å²) in [6.45, 7) is 3.77. The average Bonchev–Trinajstić information content (AvgIpc) is 3.25. The van der Waals surface area contributed by atoms with Crippen LogP contribution >= 0.6 is 0 Å². The van der Waals surface area contributed by atoms with E-state index in [-0.39, 0.29) is 17.3 Å². The molecule has 0 amide bonds. The van der Waals surface area contributed by atoms with E-state index in [4.69, 9.17) is 0 Å². The fourth-order valence-corrected chi connectivity index (χ4v) is 2.21. The number of hydrogen-bond acceptors (Lipinski definition) is 2. The van der Waals surface area contributed by atoms with Crippen molar-refractivity contribution in [2.45, 2.75) is 25.3 Å². The van der Waals surface area contributed by atoms with Gasteiger partial charge in [-0.25, -0.2) is 9.36 Å². The van der Waals surface area contributed by atoms with Crippen molar-refractivity contribution in [1.82, 2.24) is 9.13 Å². The second-order valence-electron chi connectivity index (χ2n) is 4.80. The Balaban J connectivity index is 2.31. The molecule has 19 heavy (non-hydrogen) atoms. The van der Waals surface area contributed by atoms with Gasteiger partial charge in [-0.3, -0.25) is 9.36 Å². The number of benzene rings is 1. The zero-order chi connectivity index (χ0) is 13.4. The van der Waals surface area contributed by atoms with E-state index in [0.29, 0.717) is 17.7 Å². The summed E-state index contributed by atoms with van der Waals surface area (Å²) in [5.74, 6) is 0. The molecule has 1 aliphatic carbocycles. The largest absolute Gasteiger partial charge is 0.335 e. The Morgan fingerprint density at radius 3 is 2.42 bits per heavy atom. The first kappa shape index (κ1) is 12.0. The lowest BCUT2D eigenvalue weighted by molar-refractivity contribution is 0.636. The zero-order valence-corrected chi connectivity index (χ0v) is 10.6. The Bertz CT molecular complexity index is 709. The molecule has 0 unspecified atom stereocenters. The van der Waals surface area contributed by atoms with Crippen LogP contribution in [0, 0.1) is 6.92 Å². The lowest BCUT2D eigenvalue weighted by atomic mass is 10.2. The van der Waals surface area contributed by atoms with Crippen molar-refractivity contribution in [3.05, 3.63) is 69.9 Å². The Kier molecular flexibility index (Phi) is 2.85. The molecule has 0 saturated heterocycles. The van der Waals surface area contributed by atoms with Crippen LogP contribution in [0.5, 0.6) is 0 Å². The van der Waals surface area contributed by atoms with Crippen molar-refractivity contribution in [3.8, 4) is 5.69 Å². The monoisotopic (exact) mass is 255 g/mol. The average molecular weight is 255 g/mol. The highest BCUT2D eigenvalue weighted by Crippen LogP contribution is 2.33. The molecule has 1 aromatic carbocycles. The van der Waals surface area contributed by atoms with E-state index in [1.807, 2.05) is 18.2 Å². The number of nitrogens with zero attached hydrogens (tertiary/aromatic N) is 2. The first-order valence-corrected chi connectivity index (χ1v) is 6.44. The quantitative estimate of drug-likeness (QED) is 0.838. The van der Waals surface area contributed by atoms with Crippen molar-refractivity contribution in [1.29, 1.82) is 0 Å². The van der Waals surface area contributed by atoms with E-state index in [1.54, 1.807) is 22.9 Å². The van der Waals surface area contributed by atoms with Crippen LogP contribution in [0.2, 0.25) is 0 Å². The molecule has 0 aliphatic heterocycles. The van der Waals surface area contributed by atoms with Gasteiger partial charge in [-0.1, -0.05) is 18.2 Å². The topological polar surface area (TPSA) is 44.0 Å². The summed E-state index contributed by atoms with van der Waals surface area (Å²) >= 11 is 0. The minimum atomic E-state index is -0.261. The molecule has 1 heterocycles. The van der Waals surface area contributed by atoms with Gasteiger partial charge in [0, 0.05) is 17.8 Å². The molecule has 2 aromatic rings. The molecule has 1 fully saturated rings. The van der Waals surface area contributed by atoms with Gasteiger partial charge in [0.1, 0.15) is 0 Å².